The number of aliphatic hydroxyl groups is 1. The van der Waals surface area contributed by atoms with E-state index in [1.54, 1.807) is 17.4 Å². The van der Waals surface area contributed by atoms with E-state index >= 15 is 0 Å². The van der Waals surface area contributed by atoms with Gasteiger partial charge >= 0.3 is 0 Å². The van der Waals surface area contributed by atoms with Crippen molar-refractivity contribution in [2.75, 3.05) is 54.4 Å². The number of amides is 3. The molecule has 2 unspecified atom stereocenters. The van der Waals surface area contributed by atoms with E-state index in [4.69, 9.17) is 9.97 Å². The first-order valence-corrected chi connectivity index (χ1v) is 27.6. The third-order valence-corrected chi connectivity index (χ3v) is 18.3. The van der Waals surface area contributed by atoms with Crippen LogP contribution in [-0.2, 0) is 20.9 Å². The minimum absolute atomic E-state index is 0.0447. The number of para-hydroxylation sites is 1. The summed E-state index contributed by atoms with van der Waals surface area (Å²) in [5.74, 6) is 0.998. The Morgan fingerprint density at radius 1 is 0.919 bits per heavy atom. The Morgan fingerprint density at radius 3 is 2.34 bits per heavy atom. The molecule has 2 aliphatic carbocycles. The number of hydrogen-bond acceptors (Lipinski definition) is 15. The number of likely N-dealkylation sites (tertiary alicyclic amines) is 1. The minimum atomic E-state index is -0.844. The third-order valence-electron chi connectivity index (χ3n) is 17.3. The molecule has 1 spiro atoms. The van der Waals surface area contributed by atoms with E-state index in [-0.39, 0.29) is 65.8 Å². The summed E-state index contributed by atoms with van der Waals surface area (Å²) in [6.45, 7) is 15.0. The molecular weight excluding hydrogens is 953 g/mol. The molecule has 5 aromatic rings. The molecule has 3 aromatic heterocycles. The first-order chi connectivity index (χ1) is 35.6. The SMILES string of the molecule is Cc1ncsc1-c1ccc(CNC(=O)[C@@H]2C[C@@H](O)CN2C(=O)[C@@H](NC(=O)C2CCC3(CC2)CC(N2CCN(c4cnc(N5CCC6Nc7nnc(-c8ccccc8O)cc7C6[C@H]5C)nc4)CC2)C3)C(C)(C)C)cc1. The van der Waals surface area contributed by atoms with Gasteiger partial charge in [0.15, 0.2) is 5.82 Å². The first-order valence-electron chi connectivity index (χ1n) is 26.7. The van der Waals surface area contributed by atoms with Gasteiger partial charge in [0.25, 0.3) is 0 Å². The normalized spacial score (nSPS) is 27.2. The van der Waals surface area contributed by atoms with E-state index in [9.17, 15) is 24.6 Å². The number of nitrogens with zero attached hydrogens (tertiary/aromatic N) is 9. The van der Waals surface area contributed by atoms with E-state index in [1.807, 2.05) is 88.1 Å². The second-order valence-electron chi connectivity index (χ2n) is 23.0. The average Bonchev–Trinajstić information content (AvgIpc) is 4.12. The smallest absolute Gasteiger partial charge is 0.246 e. The number of thiazole rings is 1. The molecule has 390 valence electrons. The lowest BCUT2D eigenvalue weighted by Crippen LogP contribution is -2.59. The highest BCUT2D eigenvalue weighted by molar-refractivity contribution is 7.13. The summed E-state index contributed by atoms with van der Waals surface area (Å²) < 4.78 is 0. The summed E-state index contributed by atoms with van der Waals surface area (Å²) in [5.41, 5.74) is 7.95. The molecule has 3 saturated heterocycles. The Balaban J connectivity index is 0.635. The van der Waals surface area contributed by atoms with Gasteiger partial charge in [0.05, 0.1) is 46.0 Å². The molecule has 7 heterocycles. The van der Waals surface area contributed by atoms with Crippen molar-refractivity contribution in [3.8, 4) is 27.4 Å². The molecular formula is C56H70N12O5S. The van der Waals surface area contributed by atoms with Crippen molar-refractivity contribution in [1.29, 1.82) is 0 Å². The highest BCUT2D eigenvalue weighted by atomic mass is 32.1. The predicted octanol–water partition coefficient (Wildman–Crippen LogP) is 6.52. The van der Waals surface area contributed by atoms with Gasteiger partial charge in [0.2, 0.25) is 23.7 Å². The zero-order chi connectivity index (χ0) is 51.5. The number of carbonyl (C=O) groups is 3. The highest BCUT2D eigenvalue weighted by Gasteiger charge is 2.50. The molecule has 3 amide bonds. The molecule has 5 fully saturated rings. The fourth-order valence-electron chi connectivity index (χ4n) is 13.0. The number of phenols is 1. The van der Waals surface area contributed by atoms with Crippen molar-refractivity contribution in [2.24, 2.45) is 16.7 Å². The van der Waals surface area contributed by atoms with Crippen LogP contribution in [0.1, 0.15) is 102 Å². The number of carbonyl (C=O) groups excluding carboxylic acids is 3. The predicted molar refractivity (Wildman–Crippen MR) is 286 cm³/mol. The number of hydrogen-bond donors (Lipinski definition) is 5. The van der Waals surface area contributed by atoms with Crippen LogP contribution in [0, 0.1) is 23.7 Å². The van der Waals surface area contributed by atoms with Crippen LogP contribution in [0.5, 0.6) is 5.75 Å². The molecule has 0 radical (unpaired) electrons. The lowest BCUT2D eigenvalue weighted by atomic mass is 9.56. The number of nitrogens with one attached hydrogen (secondary N) is 3. The molecule has 6 atom stereocenters. The zero-order valence-corrected chi connectivity index (χ0v) is 44.0. The van der Waals surface area contributed by atoms with Gasteiger partial charge in [-0.25, -0.2) is 15.0 Å². The maximum absolute atomic E-state index is 14.4. The van der Waals surface area contributed by atoms with Gasteiger partial charge in [-0.3, -0.25) is 19.3 Å². The average molecular weight is 1020 g/mol. The van der Waals surface area contributed by atoms with Crippen LogP contribution in [0.25, 0.3) is 21.7 Å². The molecule has 18 heteroatoms. The van der Waals surface area contributed by atoms with Gasteiger partial charge in [-0.15, -0.1) is 21.5 Å². The lowest BCUT2D eigenvalue weighted by molar-refractivity contribution is -0.145. The molecule has 0 bridgehead atoms. The zero-order valence-electron chi connectivity index (χ0n) is 43.2. The van der Waals surface area contributed by atoms with E-state index in [1.165, 1.54) is 4.90 Å². The molecule has 11 rings (SSSR count). The molecule has 17 nitrogen and oxygen atoms in total. The van der Waals surface area contributed by atoms with E-state index in [0.29, 0.717) is 23.8 Å². The van der Waals surface area contributed by atoms with Crippen molar-refractivity contribution in [3.63, 3.8) is 0 Å². The minimum Gasteiger partial charge on any atom is -0.507 e. The number of piperazine rings is 1. The topological polar surface area (TPSA) is 205 Å². The van der Waals surface area contributed by atoms with Crippen LogP contribution in [0.3, 0.4) is 0 Å². The monoisotopic (exact) mass is 1020 g/mol. The van der Waals surface area contributed by atoms with Gasteiger partial charge in [0.1, 0.15) is 17.8 Å². The van der Waals surface area contributed by atoms with E-state index in [2.05, 4.69) is 58.8 Å². The van der Waals surface area contributed by atoms with Crippen LogP contribution in [-0.4, -0.2) is 138 Å². The molecule has 4 aliphatic heterocycles. The lowest BCUT2D eigenvalue weighted by Gasteiger charge is -2.56. The number of phenolic OH excluding ortho intramolecular Hbond substituents is 1. The molecule has 6 aliphatic rings. The van der Waals surface area contributed by atoms with Gasteiger partial charge in [-0.05, 0) is 98.9 Å². The second kappa shape index (κ2) is 20.1. The summed E-state index contributed by atoms with van der Waals surface area (Å²) in [6.07, 6.45) is 10.1. The van der Waals surface area contributed by atoms with Gasteiger partial charge in [-0.1, -0.05) is 57.2 Å². The van der Waals surface area contributed by atoms with Crippen molar-refractivity contribution in [3.05, 3.63) is 89.3 Å². The van der Waals surface area contributed by atoms with Gasteiger partial charge in [0, 0.05) is 93.3 Å². The van der Waals surface area contributed by atoms with Crippen LogP contribution in [0.4, 0.5) is 17.5 Å². The Bertz CT molecular complexity index is 2850. The largest absolute Gasteiger partial charge is 0.507 e. The number of β-amino-alcohol motifs (C(OH)–C–C–N with tert-alkyl or cyclic N) is 1. The molecule has 2 aromatic carbocycles. The first kappa shape index (κ1) is 49.9. The maximum atomic E-state index is 14.4. The number of aryl methyl sites for hydroxylation is 1. The number of fused-ring (bicyclic) bond motifs is 3. The van der Waals surface area contributed by atoms with Crippen LogP contribution < -0.4 is 25.8 Å². The number of anilines is 3. The van der Waals surface area contributed by atoms with Gasteiger partial charge < -0.3 is 40.9 Å². The molecule has 74 heavy (non-hydrogen) atoms. The summed E-state index contributed by atoms with van der Waals surface area (Å²) in [5, 5.41) is 40.0. The Labute approximate surface area is 437 Å². The number of aromatic hydroxyl groups is 1. The van der Waals surface area contributed by atoms with Crippen molar-refractivity contribution < 1.29 is 24.6 Å². The quantitative estimate of drug-likeness (QED) is 0.0957. The van der Waals surface area contributed by atoms with E-state index in [0.717, 1.165) is 122 Å². The van der Waals surface area contributed by atoms with Crippen LogP contribution >= 0.6 is 11.3 Å². The number of piperidine rings is 1. The summed E-state index contributed by atoms with van der Waals surface area (Å²) in [6, 6.07) is 16.6. The third kappa shape index (κ3) is 9.80. The van der Waals surface area contributed by atoms with Crippen molar-refractivity contribution >= 4 is 46.5 Å². The fraction of sp³-hybridized carbons (Fsp3) is 0.536. The summed E-state index contributed by atoms with van der Waals surface area (Å²) >= 11 is 1.59. The van der Waals surface area contributed by atoms with Crippen LogP contribution in [0.2, 0.25) is 0 Å². The van der Waals surface area contributed by atoms with Crippen LogP contribution in [0.15, 0.2) is 72.5 Å². The Morgan fingerprint density at radius 2 is 1.65 bits per heavy atom. The highest BCUT2D eigenvalue weighted by Crippen LogP contribution is 2.54. The number of benzene rings is 2. The van der Waals surface area contributed by atoms with Crippen molar-refractivity contribution in [1.82, 2.24) is 45.6 Å². The van der Waals surface area contributed by atoms with Crippen molar-refractivity contribution in [2.45, 2.75) is 135 Å². The Kier molecular flexibility index (Phi) is 13.6. The number of rotatable bonds is 11. The van der Waals surface area contributed by atoms with E-state index < -0.39 is 23.6 Å². The number of aromatic nitrogens is 5. The maximum Gasteiger partial charge on any atom is 0.246 e. The van der Waals surface area contributed by atoms with Gasteiger partial charge in [-0.2, -0.15) is 0 Å². The molecule has 5 N–H and O–H groups in total. The Hall–Kier alpha value is -6.24. The second-order valence-corrected chi connectivity index (χ2v) is 23.9. The standard InChI is InChI=1S/C56H70N12O5S/c1-33-48(74-32-60-33)36-12-10-35(11-13-36)28-57-52(72)45-24-40(69)31-68(45)53(73)49(55(3,4)5)62-51(71)37-14-17-56(18-15-37)26-38(27-56)65-20-22-66(23-21-65)39-29-58-54(59-30-39)67-19-16-43-47(34(67)2)42-25-44(63-64-50(42)61-43)41-8-6-7-9-46(41)70/h6-13,25,29-30,32,34,37-38,40,43,45,47,49,69-70H,14-24,26-28,31H2,1-5H3,(H,57,72)(H,61,64)(H,62,71)/t34-,37?,38?,40-,43?,45+,47?,49-,56?/m1/s1. The number of aliphatic hydroxyl groups excluding tert-OH is 1. The fourth-order valence-corrected chi connectivity index (χ4v) is 13.8. The molecule has 2 saturated carbocycles. The summed E-state index contributed by atoms with van der Waals surface area (Å²) in [4.78, 5) is 66.1. The summed E-state index contributed by atoms with van der Waals surface area (Å²) in [7, 11) is 0.